The molecule has 1 N–H and O–H groups in total. The minimum absolute atomic E-state index is 0.0148. The third kappa shape index (κ3) is 5.21. The molecular weight excluding hydrogens is 302 g/mol. The summed E-state index contributed by atoms with van der Waals surface area (Å²) in [6.07, 6.45) is 1.91. The molecule has 24 heavy (non-hydrogen) atoms. The standard InChI is InChI=1S/C19H31N3O2/c1-5-6-15(2)19(23)20-17-13-16(7-8-18(17)24-4)14-22-11-9-21(3)10-12-22/h7-8,13,15H,5-6,9-12,14H2,1-4H3,(H,20,23)/t15-/m0/s1. The lowest BCUT2D eigenvalue weighted by atomic mass is 10.1. The van der Waals surface area contributed by atoms with Crippen LogP contribution in [0.5, 0.6) is 5.75 Å². The van der Waals surface area contributed by atoms with Crippen LogP contribution in [-0.4, -0.2) is 56.0 Å². The van der Waals surface area contributed by atoms with E-state index in [9.17, 15) is 4.79 Å². The van der Waals surface area contributed by atoms with Gasteiger partial charge in [-0.2, -0.15) is 0 Å². The van der Waals surface area contributed by atoms with Gasteiger partial charge in [0.25, 0.3) is 0 Å². The third-order valence-electron chi connectivity index (χ3n) is 4.69. The molecule has 1 aliphatic rings. The maximum absolute atomic E-state index is 12.3. The van der Waals surface area contributed by atoms with Gasteiger partial charge in [-0.25, -0.2) is 0 Å². The molecule has 1 atom stereocenters. The second kappa shape index (κ2) is 9.04. The molecule has 1 aromatic rings. The molecule has 5 heteroatoms. The Balaban J connectivity index is 2.05. The number of carbonyl (C=O) groups excluding carboxylic acids is 1. The van der Waals surface area contributed by atoms with Crippen molar-refractivity contribution in [2.75, 3.05) is 45.7 Å². The van der Waals surface area contributed by atoms with Gasteiger partial charge in [0.15, 0.2) is 0 Å². The summed E-state index contributed by atoms with van der Waals surface area (Å²) >= 11 is 0. The highest BCUT2D eigenvalue weighted by Crippen LogP contribution is 2.27. The topological polar surface area (TPSA) is 44.8 Å². The summed E-state index contributed by atoms with van der Waals surface area (Å²) in [6.45, 7) is 9.35. The minimum atomic E-state index is 0.0148. The van der Waals surface area contributed by atoms with Crippen LogP contribution in [0.15, 0.2) is 18.2 Å². The van der Waals surface area contributed by atoms with Crippen LogP contribution in [-0.2, 0) is 11.3 Å². The first-order chi connectivity index (χ1) is 11.5. The van der Waals surface area contributed by atoms with Gasteiger partial charge in [-0.15, -0.1) is 0 Å². The second-order valence-electron chi connectivity index (χ2n) is 6.79. The van der Waals surface area contributed by atoms with Crippen molar-refractivity contribution in [3.63, 3.8) is 0 Å². The Bertz CT molecular complexity index is 539. The van der Waals surface area contributed by atoms with Crippen LogP contribution in [0.2, 0.25) is 0 Å². The van der Waals surface area contributed by atoms with Gasteiger partial charge in [-0.1, -0.05) is 26.3 Å². The van der Waals surface area contributed by atoms with Crippen molar-refractivity contribution in [1.82, 2.24) is 9.80 Å². The number of piperazine rings is 1. The summed E-state index contributed by atoms with van der Waals surface area (Å²) in [7, 11) is 3.80. The van der Waals surface area contributed by atoms with Crippen LogP contribution < -0.4 is 10.1 Å². The van der Waals surface area contributed by atoms with Crippen LogP contribution in [0.25, 0.3) is 0 Å². The van der Waals surface area contributed by atoms with Crippen molar-refractivity contribution in [1.29, 1.82) is 0 Å². The highest BCUT2D eigenvalue weighted by Gasteiger charge is 2.17. The number of nitrogens with zero attached hydrogens (tertiary/aromatic N) is 2. The van der Waals surface area contributed by atoms with E-state index in [1.807, 2.05) is 19.1 Å². The molecule has 1 heterocycles. The fourth-order valence-corrected chi connectivity index (χ4v) is 3.04. The fraction of sp³-hybridized carbons (Fsp3) is 0.632. The Morgan fingerprint density at radius 2 is 2.00 bits per heavy atom. The molecule has 134 valence electrons. The van der Waals surface area contributed by atoms with Crippen LogP contribution in [0.1, 0.15) is 32.3 Å². The number of carbonyl (C=O) groups is 1. The van der Waals surface area contributed by atoms with E-state index in [2.05, 4.69) is 35.2 Å². The lowest BCUT2D eigenvalue weighted by molar-refractivity contribution is -0.119. The number of rotatable bonds is 7. The van der Waals surface area contributed by atoms with E-state index in [1.165, 1.54) is 5.56 Å². The van der Waals surface area contributed by atoms with Crippen molar-refractivity contribution in [3.05, 3.63) is 23.8 Å². The zero-order valence-corrected chi connectivity index (χ0v) is 15.5. The van der Waals surface area contributed by atoms with Gasteiger partial charge in [0, 0.05) is 38.6 Å². The Morgan fingerprint density at radius 3 is 2.62 bits per heavy atom. The zero-order chi connectivity index (χ0) is 17.5. The van der Waals surface area contributed by atoms with E-state index in [-0.39, 0.29) is 11.8 Å². The van der Waals surface area contributed by atoms with Gasteiger partial charge in [0.1, 0.15) is 5.75 Å². The number of ether oxygens (including phenoxy) is 1. The highest BCUT2D eigenvalue weighted by molar-refractivity contribution is 5.93. The summed E-state index contributed by atoms with van der Waals surface area (Å²) in [4.78, 5) is 17.1. The molecule has 5 nitrogen and oxygen atoms in total. The molecule has 0 spiro atoms. The monoisotopic (exact) mass is 333 g/mol. The molecular formula is C19H31N3O2. The van der Waals surface area contributed by atoms with Crippen molar-refractivity contribution >= 4 is 11.6 Å². The quantitative estimate of drug-likeness (QED) is 0.833. The Hall–Kier alpha value is -1.59. The van der Waals surface area contributed by atoms with Crippen molar-refractivity contribution in [3.8, 4) is 5.75 Å². The summed E-state index contributed by atoms with van der Waals surface area (Å²) in [6, 6.07) is 6.08. The maximum Gasteiger partial charge on any atom is 0.227 e. The smallest absolute Gasteiger partial charge is 0.227 e. The van der Waals surface area contributed by atoms with E-state index in [0.717, 1.165) is 51.3 Å². The molecule has 0 bridgehead atoms. The van der Waals surface area contributed by atoms with Crippen LogP contribution >= 0.6 is 0 Å². The van der Waals surface area contributed by atoms with Gasteiger partial charge in [-0.05, 0) is 31.2 Å². The number of amides is 1. The normalized spacial score (nSPS) is 17.5. The van der Waals surface area contributed by atoms with Gasteiger partial charge < -0.3 is 15.0 Å². The number of hydrogen-bond donors (Lipinski definition) is 1. The number of benzene rings is 1. The van der Waals surface area contributed by atoms with Gasteiger partial charge >= 0.3 is 0 Å². The van der Waals surface area contributed by atoms with Crippen LogP contribution in [0.3, 0.4) is 0 Å². The molecule has 1 aromatic carbocycles. The lowest BCUT2D eigenvalue weighted by Crippen LogP contribution is -2.43. The van der Waals surface area contributed by atoms with E-state index < -0.39 is 0 Å². The summed E-state index contributed by atoms with van der Waals surface area (Å²) in [5, 5.41) is 3.04. The Kier molecular flexibility index (Phi) is 7.06. The average molecular weight is 333 g/mol. The molecule has 0 aromatic heterocycles. The van der Waals surface area contributed by atoms with E-state index in [0.29, 0.717) is 5.75 Å². The van der Waals surface area contributed by atoms with Gasteiger partial charge in [-0.3, -0.25) is 9.69 Å². The fourth-order valence-electron chi connectivity index (χ4n) is 3.04. The van der Waals surface area contributed by atoms with Crippen molar-refractivity contribution < 1.29 is 9.53 Å². The van der Waals surface area contributed by atoms with Gasteiger partial charge in [0.2, 0.25) is 5.91 Å². The van der Waals surface area contributed by atoms with E-state index >= 15 is 0 Å². The number of anilines is 1. The maximum atomic E-state index is 12.3. The van der Waals surface area contributed by atoms with E-state index in [1.54, 1.807) is 7.11 Å². The molecule has 2 rings (SSSR count). The molecule has 1 fully saturated rings. The molecule has 0 saturated carbocycles. The molecule has 1 aliphatic heterocycles. The Labute approximate surface area is 146 Å². The summed E-state index contributed by atoms with van der Waals surface area (Å²) in [5.41, 5.74) is 1.98. The third-order valence-corrected chi connectivity index (χ3v) is 4.69. The number of nitrogens with one attached hydrogen (secondary N) is 1. The van der Waals surface area contributed by atoms with Crippen LogP contribution in [0, 0.1) is 5.92 Å². The predicted octanol–water partition coefficient (Wildman–Crippen LogP) is 2.82. The summed E-state index contributed by atoms with van der Waals surface area (Å²) in [5.74, 6) is 0.794. The number of hydrogen-bond acceptors (Lipinski definition) is 4. The highest BCUT2D eigenvalue weighted by atomic mass is 16.5. The molecule has 1 amide bonds. The average Bonchev–Trinajstić information content (AvgIpc) is 2.57. The van der Waals surface area contributed by atoms with E-state index in [4.69, 9.17) is 4.74 Å². The number of methoxy groups -OCH3 is 1. The first-order valence-corrected chi connectivity index (χ1v) is 8.92. The SMILES string of the molecule is CCC[C@H](C)C(=O)Nc1cc(CN2CCN(C)CC2)ccc1OC. The number of likely N-dealkylation sites (N-methyl/N-ethyl adjacent to an activating group) is 1. The zero-order valence-electron chi connectivity index (χ0n) is 15.5. The summed E-state index contributed by atoms with van der Waals surface area (Å²) < 4.78 is 5.41. The largest absolute Gasteiger partial charge is 0.495 e. The second-order valence-corrected chi connectivity index (χ2v) is 6.79. The first-order valence-electron chi connectivity index (χ1n) is 8.92. The molecule has 1 saturated heterocycles. The Morgan fingerprint density at radius 1 is 1.29 bits per heavy atom. The minimum Gasteiger partial charge on any atom is -0.495 e. The van der Waals surface area contributed by atoms with Crippen molar-refractivity contribution in [2.45, 2.75) is 33.2 Å². The van der Waals surface area contributed by atoms with Crippen LogP contribution in [0.4, 0.5) is 5.69 Å². The molecule has 0 unspecified atom stereocenters. The van der Waals surface area contributed by atoms with Crippen molar-refractivity contribution in [2.24, 2.45) is 5.92 Å². The molecule has 0 aliphatic carbocycles. The van der Waals surface area contributed by atoms with Gasteiger partial charge in [0.05, 0.1) is 12.8 Å². The first kappa shape index (κ1) is 18.7. The predicted molar refractivity (Wildman–Crippen MR) is 98.5 cm³/mol. The molecule has 0 radical (unpaired) electrons. The lowest BCUT2D eigenvalue weighted by Gasteiger charge is -2.32.